The quantitative estimate of drug-likeness (QED) is 0.298. The molecule has 0 aliphatic heterocycles. The van der Waals surface area contributed by atoms with Crippen LogP contribution in [0.2, 0.25) is 0 Å². The summed E-state index contributed by atoms with van der Waals surface area (Å²) in [4.78, 5) is 2.93. The average Bonchev–Trinajstić information content (AvgIpc) is 3.33. The molecule has 0 spiro atoms. The second-order valence-corrected chi connectivity index (χ2v) is 10.5. The van der Waals surface area contributed by atoms with E-state index in [1.54, 1.807) is 0 Å². The lowest BCUT2D eigenvalue weighted by Crippen LogP contribution is -2.17. The minimum absolute atomic E-state index is 0.0754. The molecule has 0 atom stereocenters. The summed E-state index contributed by atoms with van der Waals surface area (Å²) in [7, 11) is 0. The van der Waals surface area contributed by atoms with Gasteiger partial charge in [0.15, 0.2) is 0 Å². The summed E-state index contributed by atoms with van der Waals surface area (Å²) >= 11 is 3.77. The molecule has 0 saturated carbocycles. The SMILES string of the molecule is CC1(C)c2ccsc2-c2ccc3c4c(ccc3c21)-c1sccc1C4(C)C. The molecule has 0 radical (unpaired) electrons. The third kappa shape index (κ3) is 1.53. The van der Waals surface area contributed by atoms with E-state index >= 15 is 0 Å². The van der Waals surface area contributed by atoms with E-state index in [-0.39, 0.29) is 10.8 Å². The molecule has 0 amide bonds. The summed E-state index contributed by atoms with van der Waals surface area (Å²) in [5, 5.41) is 7.36. The van der Waals surface area contributed by atoms with Crippen molar-refractivity contribution < 1.29 is 0 Å². The zero-order chi connectivity index (χ0) is 17.8. The second kappa shape index (κ2) is 4.49. The Labute approximate surface area is 162 Å². The molecule has 2 aliphatic carbocycles. The molecule has 2 aliphatic rings. The molecule has 0 fully saturated rings. The van der Waals surface area contributed by atoms with Crippen LogP contribution in [-0.4, -0.2) is 0 Å². The van der Waals surface area contributed by atoms with Crippen LogP contribution in [0.3, 0.4) is 0 Å². The van der Waals surface area contributed by atoms with Crippen molar-refractivity contribution in [3.05, 3.63) is 69.4 Å². The van der Waals surface area contributed by atoms with Gasteiger partial charge in [0.2, 0.25) is 0 Å². The Morgan fingerprint density at radius 3 is 1.42 bits per heavy atom. The van der Waals surface area contributed by atoms with Crippen molar-refractivity contribution in [2.75, 3.05) is 0 Å². The van der Waals surface area contributed by atoms with Crippen LogP contribution in [0.1, 0.15) is 49.9 Å². The minimum Gasteiger partial charge on any atom is -0.143 e. The van der Waals surface area contributed by atoms with Gasteiger partial charge in [-0.2, -0.15) is 0 Å². The number of fused-ring (bicyclic) bond motifs is 9. The van der Waals surface area contributed by atoms with E-state index in [4.69, 9.17) is 0 Å². The first-order valence-corrected chi connectivity index (χ1v) is 11.0. The molecule has 0 N–H and O–H groups in total. The van der Waals surface area contributed by atoms with Gasteiger partial charge in [-0.25, -0.2) is 0 Å². The molecule has 0 bridgehead atoms. The van der Waals surface area contributed by atoms with E-state index in [0.717, 1.165) is 0 Å². The Morgan fingerprint density at radius 2 is 1.00 bits per heavy atom. The van der Waals surface area contributed by atoms with Crippen LogP contribution in [0.25, 0.3) is 31.7 Å². The van der Waals surface area contributed by atoms with Gasteiger partial charge in [-0.05, 0) is 67.0 Å². The van der Waals surface area contributed by atoms with Crippen LogP contribution in [0.5, 0.6) is 0 Å². The number of benzene rings is 2. The van der Waals surface area contributed by atoms with Gasteiger partial charge in [0, 0.05) is 20.6 Å². The van der Waals surface area contributed by atoms with Crippen molar-refractivity contribution in [3.8, 4) is 20.9 Å². The molecular weight excluding hydrogens is 352 g/mol. The summed E-state index contributed by atoms with van der Waals surface area (Å²) in [5.74, 6) is 0. The lowest BCUT2D eigenvalue weighted by molar-refractivity contribution is 0.663. The Bertz CT molecular complexity index is 1130. The average molecular weight is 373 g/mol. The van der Waals surface area contributed by atoms with Crippen LogP contribution in [-0.2, 0) is 10.8 Å². The standard InChI is InChI=1S/C24H20S2/c1-23(2)17-9-11-25-21(17)15-7-6-14-13(19(15)23)5-8-16-20(14)24(3,4)18-10-12-26-22(16)18/h5-12H,1-4H3. The van der Waals surface area contributed by atoms with Crippen molar-refractivity contribution >= 4 is 33.4 Å². The van der Waals surface area contributed by atoms with Gasteiger partial charge < -0.3 is 0 Å². The van der Waals surface area contributed by atoms with Gasteiger partial charge in [0.05, 0.1) is 0 Å². The van der Waals surface area contributed by atoms with Gasteiger partial charge in [0.25, 0.3) is 0 Å². The third-order valence-corrected chi connectivity index (χ3v) is 8.51. The first kappa shape index (κ1) is 15.2. The molecule has 0 saturated heterocycles. The maximum atomic E-state index is 2.39. The highest BCUT2D eigenvalue weighted by molar-refractivity contribution is 7.14. The van der Waals surface area contributed by atoms with Gasteiger partial charge in [-0.15, -0.1) is 22.7 Å². The van der Waals surface area contributed by atoms with Crippen LogP contribution >= 0.6 is 22.7 Å². The van der Waals surface area contributed by atoms with Crippen molar-refractivity contribution in [2.24, 2.45) is 0 Å². The van der Waals surface area contributed by atoms with Gasteiger partial charge in [-0.3, -0.25) is 0 Å². The van der Waals surface area contributed by atoms with E-state index in [9.17, 15) is 0 Å². The lowest BCUT2D eigenvalue weighted by Gasteiger charge is -2.26. The Kier molecular flexibility index (Phi) is 2.63. The van der Waals surface area contributed by atoms with Crippen molar-refractivity contribution in [1.29, 1.82) is 0 Å². The highest BCUT2D eigenvalue weighted by Crippen LogP contribution is 2.57. The van der Waals surface area contributed by atoms with Gasteiger partial charge >= 0.3 is 0 Å². The van der Waals surface area contributed by atoms with Crippen molar-refractivity contribution in [2.45, 2.75) is 38.5 Å². The highest BCUT2D eigenvalue weighted by atomic mass is 32.1. The summed E-state index contributed by atoms with van der Waals surface area (Å²) in [6.45, 7) is 9.55. The first-order valence-electron chi connectivity index (χ1n) is 9.20. The van der Waals surface area contributed by atoms with Crippen molar-refractivity contribution in [3.63, 3.8) is 0 Å². The molecule has 2 aromatic carbocycles. The molecular formula is C24H20S2. The van der Waals surface area contributed by atoms with Gasteiger partial charge in [-0.1, -0.05) is 52.0 Å². The number of hydrogen-bond donors (Lipinski definition) is 0. The molecule has 2 heterocycles. The number of hydrogen-bond acceptors (Lipinski definition) is 2. The zero-order valence-electron chi connectivity index (χ0n) is 15.4. The fraction of sp³-hybridized carbons (Fsp3) is 0.250. The second-order valence-electron chi connectivity index (χ2n) is 8.65. The Balaban J connectivity index is 1.76. The number of thiophene rings is 2. The fourth-order valence-electron chi connectivity index (χ4n) is 5.42. The molecule has 128 valence electrons. The molecule has 2 aromatic heterocycles. The van der Waals surface area contributed by atoms with Crippen LogP contribution in [0.4, 0.5) is 0 Å². The normalized spacial score (nSPS) is 17.8. The third-order valence-electron chi connectivity index (χ3n) is 6.62. The highest BCUT2D eigenvalue weighted by Gasteiger charge is 2.41. The summed E-state index contributed by atoms with van der Waals surface area (Å²) < 4.78 is 0. The van der Waals surface area contributed by atoms with Crippen LogP contribution in [0.15, 0.2) is 47.2 Å². The molecule has 6 rings (SSSR count). The van der Waals surface area contributed by atoms with E-state index in [1.165, 1.54) is 53.9 Å². The Hall–Kier alpha value is -1.90. The van der Waals surface area contributed by atoms with Gasteiger partial charge in [0.1, 0.15) is 0 Å². The topological polar surface area (TPSA) is 0 Å². The minimum atomic E-state index is 0.0754. The summed E-state index contributed by atoms with van der Waals surface area (Å²) in [6.07, 6.45) is 0. The molecule has 26 heavy (non-hydrogen) atoms. The van der Waals surface area contributed by atoms with E-state index < -0.39 is 0 Å². The lowest BCUT2D eigenvalue weighted by atomic mass is 9.76. The van der Waals surface area contributed by atoms with E-state index in [0.29, 0.717) is 0 Å². The summed E-state index contributed by atoms with van der Waals surface area (Å²) in [6, 6.07) is 14.2. The predicted molar refractivity (Wildman–Crippen MR) is 115 cm³/mol. The molecule has 2 heteroatoms. The monoisotopic (exact) mass is 372 g/mol. The van der Waals surface area contributed by atoms with Crippen molar-refractivity contribution in [1.82, 2.24) is 0 Å². The number of rotatable bonds is 0. The fourth-order valence-corrected chi connectivity index (χ4v) is 7.60. The predicted octanol–water partition coefficient (Wildman–Crippen LogP) is 7.58. The maximum Gasteiger partial charge on any atom is 0.0386 e. The molecule has 0 nitrogen and oxygen atoms in total. The van der Waals surface area contributed by atoms with E-state index in [1.807, 2.05) is 22.7 Å². The van der Waals surface area contributed by atoms with E-state index in [2.05, 4.69) is 74.9 Å². The maximum absolute atomic E-state index is 2.39. The summed E-state index contributed by atoms with van der Waals surface area (Å²) in [5.41, 5.74) is 9.05. The smallest absolute Gasteiger partial charge is 0.0386 e. The largest absolute Gasteiger partial charge is 0.143 e. The van der Waals surface area contributed by atoms with Crippen LogP contribution < -0.4 is 0 Å². The first-order chi connectivity index (χ1) is 12.4. The van der Waals surface area contributed by atoms with Crippen LogP contribution in [0, 0.1) is 0 Å². The molecule has 0 unspecified atom stereocenters. The molecule has 4 aromatic rings. The zero-order valence-corrected chi connectivity index (χ0v) is 17.1. The Morgan fingerprint density at radius 1 is 0.577 bits per heavy atom.